The van der Waals surface area contributed by atoms with Crippen LogP contribution >= 0.6 is 11.6 Å². The monoisotopic (exact) mass is 403 g/mol. The predicted octanol–water partition coefficient (Wildman–Crippen LogP) is 4.85. The SMILES string of the molecule is CCOC(=O)C1(NC(CC)c2ccc(Cl)c(C(=O)c3ccccc3)c2F)CC1. The highest BCUT2D eigenvalue weighted by Gasteiger charge is 2.52. The largest absolute Gasteiger partial charge is 0.465 e. The lowest BCUT2D eigenvalue weighted by Crippen LogP contribution is -2.43. The summed E-state index contributed by atoms with van der Waals surface area (Å²) in [4.78, 5) is 25.1. The Kier molecular flexibility index (Phi) is 6.16. The molecule has 1 saturated carbocycles. The van der Waals surface area contributed by atoms with Crippen molar-refractivity contribution in [2.24, 2.45) is 0 Å². The smallest absolute Gasteiger partial charge is 0.326 e. The summed E-state index contributed by atoms with van der Waals surface area (Å²) >= 11 is 6.18. The predicted molar refractivity (Wildman–Crippen MR) is 106 cm³/mol. The summed E-state index contributed by atoms with van der Waals surface area (Å²) in [5.41, 5.74) is -0.230. The Morgan fingerprint density at radius 1 is 1.18 bits per heavy atom. The first-order chi connectivity index (χ1) is 13.4. The van der Waals surface area contributed by atoms with Crippen LogP contribution < -0.4 is 5.32 Å². The molecule has 148 valence electrons. The van der Waals surface area contributed by atoms with E-state index in [4.69, 9.17) is 16.3 Å². The first-order valence-corrected chi connectivity index (χ1v) is 9.84. The molecule has 1 unspecified atom stereocenters. The molecule has 6 heteroatoms. The highest BCUT2D eigenvalue weighted by Crippen LogP contribution is 2.40. The molecular weight excluding hydrogens is 381 g/mol. The molecule has 0 spiro atoms. The van der Waals surface area contributed by atoms with Gasteiger partial charge in [-0.15, -0.1) is 0 Å². The van der Waals surface area contributed by atoms with Crippen molar-refractivity contribution in [2.75, 3.05) is 6.61 Å². The third-order valence-electron chi connectivity index (χ3n) is 5.03. The number of halogens is 2. The zero-order chi connectivity index (χ0) is 20.3. The van der Waals surface area contributed by atoms with Gasteiger partial charge in [-0.2, -0.15) is 0 Å². The highest BCUT2D eigenvalue weighted by molar-refractivity contribution is 6.35. The van der Waals surface area contributed by atoms with Crippen molar-refractivity contribution >= 4 is 23.4 Å². The van der Waals surface area contributed by atoms with Crippen LogP contribution in [0.5, 0.6) is 0 Å². The number of nitrogens with one attached hydrogen (secondary N) is 1. The molecule has 1 aliphatic rings. The summed E-state index contributed by atoms with van der Waals surface area (Å²) in [5, 5.41) is 3.32. The number of ether oxygens (including phenoxy) is 1. The summed E-state index contributed by atoms with van der Waals surface area (Å²) < 4.78 is 20.5. The van der Waals surface area contributed by atoms with E-state index < -0.39 is 23.2 Å². The van der Waals surface area contributed by atoms with E-state index in [2.05, 4.69) is 5.32 Å². The summed E-state index contributed by atoms with van der Waals surface area (Å²) in [7, 11) is 0. The number of esters is 1. The van der Waals surface area contributed by atoms with Crippen LogP contribution in [-0.4, -0.2) is 23.9 Å². The minimum Gasteiger partial charge on any atom is -0.465 e. The molecule has 0 heterocycles. The first-order valence-electron chi connectivity index (χ1n) is 9.46. The van der Waals surface area contributed by atoms with Crippen LogP contribution in [0, 0.1) is 5.82 Å². The topological polar surface area (TPSA) is 55.4 Å². The Hall–Kier alpha value is -2.24. The third kappa shape index (κ3) is 3.96. The zero-order valence-electron chi connectivity index (χ0n) is 15.9. The Morgan fingerprint density at radius 2 is 1.86 bits per heavy atom. The van der Waals surface area contributed by atoms with E-state index in [1.807, 2.05) is 6.92 Å². The molecule has 0 aromatic heterocycles. The van der Waals surface area contributed by atoms with Crippen LogP contribution in [0.2, 0.25) is 5.02 Å². The molecule has 1 atom stereocenters. The number of hydrogen-bond acceptors (Lipinski definition) is 4. The van der Waals surface area contributed by atoms with Crippen LogP contribution in [0.3, 0.4) is 0 Å². The van der Waals surface area contributed by atoms with Crippen LogP contribution in [0.4, 0.5) is 4.39 Å². The molecule has 2 aromatic carbocycles. The van der Waals surface area contributed by atoms with Crippen molar-refractivity contribution in [3.8, 4) is 0 Å². The molecule has 0 saturated heterocycles. The van der Waals surface area contributed by atoms with Gasteiger partial charge < -0.3 is 4.74 Å². The average Bonchev–Trinajstić information content (AvgIpc) is 3.48. The Balaban J connectivity index is 1.94. The lowest BCUT2D eigenvalue weighted by Gasteiger charge is -2.25. The fourth-order valence-corrected chi connectivity index (χ4v) is 3.55. The summed E-state index contributed by atoms with van der Waals surface area (Å²) in [6, 6.07) is 11.1. The second kappa shape index (κ2) is 8.41. The highest BCUT2D eigenvalue weighted by atomic mass is 35.5. The van der Waals surface area contributed by atoms with Crippen molar-refractivity contribution in [2.45, 2.75) is 44.7 Å². The minimum atomic E-state index is -0.771. The van der Waals surface area contributed by atoms with Gasteiger partial charge in [0.05, 0.1) is 17.2 Å². The number of hydrogen-bond donors (Lipinski definition) is 1. The maximum absolute atomic E-state index is 15.4. The van der Waals surface area contributed by atoms with Gasteiger partial charge in [-0.3, -0.25) is 14.9 Å². The average molecular weight is 404 g/mol. The van der Waals surface area contributed by atoms with E-state index in [1.54, 1.807) is 43.3 Å². The molecule has 1 aliphatic carbocycles. The van der Waals surface area contributed by atoms with Gasteiger partial charge in [0.1, 0.15) is 11.4 Å². The zero-order valence-corrected chi connectivity index (χ0v) is 16.7. The van der Waals surface area contributed by atoms with Crippen molar-refractivity contribution in [1.82, 2.24) is 5.32 Å². The van der Waals surface area contributed by atoms with E-state index >= 15 is 4.39 Å². The van der Waals surface area contributed by atoms with E-state index in [9.17, 15) is 9.59 Å². The van der Waals surface area contributed by atoms with Crippen LogP contribution in [-0.2, 0) is 9.53 Å². The first kappa shape index (κ1) is 20.5. The second-order valence-electron chi connectivity index (χ2n) is 6.93. The summed E-state index contributed by atoms with van der Waals surface area (Å²) in [6.45, 7) is 3.95. The Bertz CT molecular complexity index is 881. The molecule has 0 bridgehead atoms. The number of ketones is 1. The Labute approximate surface area is 169 Å². The van der Waals surface area contributed by atoms with E-state index in [0.717, 1.165) is 0 Å². The van der Waals surface area contributed by atoms with E-state index in [0.29, 0.717) is 37.0 Å². The minimum absolute atomic E-state index is 0.0662. The van der Waals surface area contributed by atoms with Gasteiger partial charge in [-0.1, -0.05) is 54.9 Å². The number of carbonyl (C=O) groups is 2. The number of rotatable bonds is 8. The third-order valence-corrected chi connectivity index (χ3v) is 5.35. The quantitative estimate of drug-likeness (QED) is 0.505. The van der Waals surface area contributed by atoms with E-state index in [-0.39, 0.29) is 16.6 Å². The Morgan fingerprint density at radius 3 is 2.43 bits per heavy atom. The van der Waals surface area contributed by atoms with Crippen molar-refractivity contribution in [3.05, 3.63) is 70.0 Å². The standard InChI is InChI=1S/C22H23ClFNO3/c1-3-17(25-22(12-13-22)21(27)28-4-2)15-10-11-16(23)18(19(15)24)20(26)14-8-6-5-7-9-14/h5-11,17,25H,3-4,12-13H2,1-2H3. The van der Waals surface area contributed by atoms with Gasteiger partial charge in [-0.25, -0.2) is 4.39 Å². The van der Waals surface area contributed by atoms with Crippen molar-refractivity contribution < 1.29 is 18.7 Å². The maximum atomic E-state index is 15.4. The fourth-order valence-electron chi connectivity index (χ4n) is 3.31. The lowest BCUT2D eigenvalue weighted by atomic mass is 9.95. The van der Waals surface area contributed by atoms with Crippen LogP contribution in [0.15, 0.2) is 42.5 Å². The van der Waals surface area contributed by atoms with Crippen LogP contribution in [0.25, 0.3) is 0 Å². The molecule has 1 N–H and O–H groups in total. The van der Waals surface area contributed by atoms with Gasteiger partial charge in [-0.05, 0) is 32.3 Å². The molecule has 3 rings (SSSR count). The molecule has 4 nitrogen and oxygen atoms in total. The molecule has 1 fully saturated rings. The molecule has 0 radical (unpaired) electrons. The fraction of sp³-hybridized carbons (Fsp3) is 0.364. The van der Waals surface area contributed by atoms with Crippen LogP contribution in [0.1, 0.15) is 60.6 Å². The van der Waals surface area contributed by atoms with Gasteiger partial charge in [0.15, 0.2) is 5.78 Å². The summed E-state index contributed by atoms with van der Waals surface area (Å²) in [6.07, 6.45) is 1.83. The number of carbonyl (C=O) groups excluding carboxylic acids is 2. The normalized spacial score (nSPS) is 15.7. The van der Waals surface area contributed by atoms with Crippen molar-refractivity contribution in [3.63, 3.8) is 0 Å². The molecular formula is C22H23ClFNO3. The number of benzene rings is 2. The lowest BCUT2D eigenvalue weighted by molar-refractivity contribution is -0.147. The van der Waals surface area contributed by atoms with E-state index in [1.165, 1.54) is 6.07 Å². The molecule has 0 aliphatic heterocycles. The second-order valence-corrected chi connectivity index (χ2v) is 7.34. The van der Waals surface area contributed by atoms with Crippen molar-refractivity contribution in [1.29, 1.82) is 0 Å². The molecule has 28 heavy (non-hydrogen) atoms. The molecule has 2 aromatic rings. The van der Waals surface area contributed by atoms with Gasteiger partial charge in [0.25, 0.3) is 0 Å². The summed E-state index contributed by atoms with van der Waals surface area (Å²) in [5.74, 6) is -1.44. The molecule has 0 amide bonds. The van der Waals surface area contributed by atoms with Gasteiger partial charge >= 0.3 is 5.97 Å². The van der Waals surface area contributed by atoms with Gasteiger partial charge in [0.2, 0.25) is 0 Å². The van der Waals surface area contributed by atoms with Gasteiger partial charge in [0, 0.05) is 17.2 Å². The maximum Gasteiger partial charge on any atom is 0.326 e.